The van der Waals surface area contributed by atoms with Crippen LogP contribution in [0.2, 0.25) is 0 Å². The van der Waals surface area contributed by atoms with Crippen LogP contribution in [0.25, 0.3) is 0 Å². The van der Waals surface area contributed by atoms with Crippen LogP contribution in [-0.4, -0.2) is 72.5 Å². The van der Waals surface area contributed by atoms with Crippen molar-refractivity contribution >= 4 is 18.7 Å². The molecule has 0 heterocycles. The van der Waals surface area contributed by atoms with Crippen molar-refractivity contribution in [1.82, 2.24) is 4.72 Å². The zero-order valence-corrected chi connectivity index (χ0v) is 12.9. The highest BCUT2D eigenvalue weighted by molar-refractivity contribution is 7.78. The first-order valence-electron chi connectivity index (χ1n) is 6.54. The molecule has 0 bridgehead atoms. The summed E-state index contributed by atoms with van der Waals surface area (Å²) in [4.78, 5) is 10.8. The predicted octanol–water partition coefficient (Wildman–Crippen LogP) is 0.0503. The van der Waals surface area contributed by atoms with Crippen molar-refractivity contribution in [2.45, 2.75) is 6.42 Å². The maximum absolute atomic E-state index is 10.8. The van der Waals surface area contributed by atoms with Gasteiger partial charge in [0.05, 0.1) is 65.9 Å². The molecule has 0 aliphatic carbocycles. The van der Waals surface area contributed by atoms with Crippen LogP contribution in [0.3, 0.4) is 0 Å². The normalized spacial score (nSPS) is 10.7. The summed E-state index contributed by atoms with van der Waals surface area (Å²) in [6.07, 6.45) is 0.301. The summed E-state index contributed by atoms with van der Waals surface area (Å²) in [5, 5.41) is 0. The highest BCUT2D eigenvalue weighted by atomic mass is 32.1. The van der Waals surface area contributed by atoms with Crippen molar-refractivity contribution in [3.05, 3.63) is 0 Å². The summed E-state index contributed by atoms with van der Waals surface area (Å²) in [6.45, 7) is 4.62. The van der Waals surface area contributed by atoms with Gasteiger partial charge < -0.3 is 28.4 Å². The van der Waals surface area contributed by atoms with Gasteiger partial charge in [-0.15, -0.1) is 0 Å². The van der Waals surface area contributed by atoms with E-state index in [2.05, 4.69) is 17.5 Å². The molecule has 0 aromatic heterocycles. The third-order valence-electron chi connectivity index (χ3n) is 2.15. The molecule has 1 N–H and O–H groups in total. The molecule has 0 rings (SSSR count). The summed E-state index contributed by atoms with van der Waals surface area (Å²) < 4.78 is 28.1. The number of thiol groups is 1. The van der Waals surface area contributed by atoms with E-state index in [-0.39, 0.29) is 5.91 Å². The Balaban J connectivity index is 2.97. The molecule has 0 saturated heterocycles. The number of ether oxygens (including phenoxy) is 5. The van der Waals surface area contributed by atoms with Crippen LogP contribution in [0, 0.1) is 0 Å². The molecular formula is C12H25NO6S. The lowest BCUT2D eigenvalue weighted by Gasteiger charge is -2.07. The Morgan fingerprint density at radius 3 is 1.60 bits per heavy atom. The summed E-state index contributed by atoms with van der Waals surface area (Å²) >= 11 is 3.63. The van der Waals surface area contributed by atoms with Crippen LogP contribution in [-0.2, 0) is 28.5 Å². The Morgan fingerprint density at radius 1 is 0.800 bits per heavy atom. The van der Waals surface area contributed by atoms with Crippen LogP contribution >= 0.6 is 12.8 Å². The predicted molar refractivity (Wildman–Crippen MR) is 76.9 cm³/mol. The Hall–Kier alpha value is -0.380. The fourth-order valence-corrected chi connectivity index (χ4v) is 1.24. The Labute approximate surface area is 125 Å². The van der Waals surface area contributed by atoms with E-state index in [0.29, 0.717) is 65.9 Å². The average Bonchev–Trinajstić information content (AvgIpc) is 2.47. The highest BCUT2D eigenvalue weighted by Crippen LogP contribution is 1.86. The quantitative estimate of drug-likeness (QED) is 0.329. The van der Waals surface area contributed by atoms with E-state index in [1.165, 1.54) is 0 Å². The second kappa shape index (κ2) is 16.7. The molecular weight excluding hydrogens is 286 g/mol. The highest BCUT2D eigenvalue weighted by Gasteiger charge is 1.97. The summed E-state index contributed by atoms with van der Waals surface area (Å²) in [5.74, 6) is -0.157. The summed E-state index contributed by atoms with van der Waals surface area (Å²) in [7, 11) is 1.63. The second-order valence-corrected chi connectivity index (χ2v) is 3.95. The topological polar surface area (TPSA) is 75.2 Å². The number of hydrogen-bond donors (Lipinski definition) is 2. The minimum Gasteiger partial charge on any atom is -0.382 e. The number of carbonyl (C=O) groups excluding carboxylic acids is 1. The molecule has 7 nitrogen and oxygen atoms in total. The van der Waals surface area contributed by atoms with Crippen LogP contribution in [0.15, 0.2) is 0 Å². The third-order valence-corrected chi connectivity index (χ3v) is 2.40. The molecule has 0 saturated carbocycles. The van der Waals surface area contributed by atoms with Crippen LogP contribution < -0.4 is 4.72 Å². The minimum absolute atomic E-state index is 0.157. The fraction of sp³-hybridized carbons (Fsp3) is 0.917. The van der Waals surface area contributed by atoms with Gasteiger partial charge >= 0.3 is 0 Å². The van der Waals surface area contributed by atoms with E-state index in [1.54, 1.807) is 7.11 Å². The van der Waals surface area contributed by atoms with E-state index >= 15 is 0 Å². The number of amides is 1. The Kier molecular flexibility index (Phi) is 16.4. The molecule has 0 aromatic rings. The Bertz CT molecular complexity index is 220. The number of hydrogen-bond acceptors (Lipinski definition) is 7. The molecule has 8 heteroatoms. The van der Waals surface area contributed by atoms with Crippen molar-refractivity contribution in [3.8, 4) is 0 Å². The number of methoxy groups -OCH3 is 1. The van der Waals surface area contributed by atoms with Gasteiger partial charge in [-0.05, 0) is 0 Å². The number of nitrogens with one attached hydrogen (secondary N) is 1. The van der Waals surface area contributed by atoms with Gasteiger partial charge in [-0.25, -0.2) is 0 Å². The van der Waals surface area contributed by atoms with Gasteiger partial charge in [0.15, 0.2) is 0 Å². The van der Waals surface area contributed by atoms with Crippen molar-refractivity contribution in [3.63, 3.8) is 0 Å². The van der Waals surface area contributed by atoms with Crippen LogP contribution in [0.1, 0.15) is 6.42 Å². The fourth-order valence-electron chi connectivity index (χ4n) is 1.12. The second-order valence-electron chi connectivity index (χ2n) is 3.73. The van der Waals surface area contributed by atoms with Gasteiger partial charge in [0.1, 0.15) is 0 Å². The minimum atomic E-state index is -0.157. The first kappa shape index (κ1) is 19.6. The number of carbonyl (C=O) groups is 1. The van der Waals surface area contributed by atoms with Gasteiger partial charge in [0.25, 0.3) is 0 Å². The van der Waals surface area contributed by atoms with E-state index in [0.717, 1.165) is 0 Å². The molecule has 0 fully saturated rings. The molecule has 0 aliphatic rings. The largest absolute Gasteiger partial charge is 0.382 e. The van der Waals surface area contributed by atoms with Gasteiger partial charge in [-0.1, -0.05) is 12.8 Å². The van der Waals surface area contributed by atoms with Gasteiger partial charge in [0.2, 0.25) is 5.91 Å². The van der Waals surface area contributed by atoms with Crippen molar-refractivity contribution < 1.29 is 28.5 Å². The zero-order valence-electron chi connectivity index (χ0n) is 12.0. The van der Waals surface area contributed by atoms with E-state index < -0.39 is 0 Å². The lowest BCUT2D eigenvalue weighted by atomic mass is 10.4. The molecule has 0 spiro atoms. The summed E-state index contributed by atoms with van der Waals surface area (Å²) in [6, 6.07) is 0. The molecule has 1 amide bonds. The zero-order chi connectivity index (χ0) is 14.9. The standard InChI is InChI=1S/C12H25NO6S/c1-15-4-5-17-8-9-19-11-10-18-7-6-16-3-2-12(14)13-20/h20H,2-11H2,1H3,(H,13,14). The molecule has 0 radical (unpaired) electrons. The molecule has 0 unspecified atom stereocenters. The van der Waals surface area contributed by atoms with Gasteiger partial charge in [-0.2, -0.15) is 0 Å². The Morgan fingerprint density at radius 2 is 1.20 bits per heavy atom. The monoisotopic (exact) mass is 311 g/mol. The lowest BCUT2D eigenvalue weighted by Crippen LogP contribution is -2.16. The first-order chi connectivity index (χ1) is 9.81. The lowest BCUT2D eigenvalue weighted by molar-refractivity contribution is -0.120. The molecule has 0 aromatic carbocycles. The van der Waals surface area contributed by atoms with Crippen molar-refractivity contribution in [2.24, 2.45) is 0 Å². The van der Waals surface area contributed by atoms with E-state index in [9.17, 15) is 4.79 Å². The maximum atomic E-state index is 10.8. The molecule has 20 heavy (non-hydrogen) atoms. The van der Waals surface area contributed by atoms with Crippen LogP contribution in [0.4, 0.5) is 0 Å². The van der Waals surface area contributed by atoms with Gasteiger partial charge in [0, 0.05) is 7.11 Å². The number of rotatable bonds is 15. The van der Waals surface area contributed by atoms with Crippen LogP contribution in [0.5, 0.6) is 0 Å². The smallest absolute Gasteiger partial charge is 0.231 e. The van der Waals surface area contributed by atoms with Crippen molar-refractivity contribution in [1.29, 1.82) is 0 Å². The first-order valence-corrected chi connectivity index (χ1v) is 6.98. The van der Waals surface area contributed by atoms with E-state index in [4.69, 9.17) is 23.7 Å². The molecule has 120 valence electrons. The molecule has 0 atom stereocenters. The maximum Gasteiger partial charge on any atom is 0.231 e. The summed E-state index contributed by atoms with van der Waals surface area (Å²) in [5.41, 5.74) is 0. The van der Waals surface area contributed by atoms with Crippen molar-refractivity contribution in [2.75, 3.05) is 66.6 Å². The van der Waals surface area contributed by atoms with E-state index in [1.807, 2.05) is 0 Å². The third kappa shape index (κ3) is 15.7. The molecule has 0 aliphatic heterocycles. The van der Waals surface area contributed by atoms with Gasteiger partial charge in [-0.3, -0.25) is 4.79 Å². The SMILES string of the molecule is COCCOCCOCCOCCOCCC(=O)NS. The average molecular weight is 311 g/mol.